The summed E-state index contributed by atoms with van der Waals surface area (Å²) in [4.78, 5) is 5.79. The third-order valence-electron chi connectivity index (χ3n) is 8.08. The molecule has 0 N–H and O–H groups in total. The zero-order chi connectivity index (χ0) is 25.7. The Labute approximate surface area is 222 Å². The average molecular weight is 519 g/mol. The Bertz CT molecular complexity index is 1230. The highest BCUT2D eigenvalue weighted by atomic mass is 32.2. The van der Waals surface area contributed by atoms with E-state index in [-0.39, 0.29) is 4.90 Å². The van der Waals surface area contributed by atoms with E-state index in [4.69, 9.17) is 4.74 Å². The van der Waals surface area contributed by atoms with Crippen LogP contribution in [-0.4, -0.2) is 45.6 Å². The van der Waals surface area contributed by atoms with Crippen LogP contribution in [0.4, 0.5) is 5.69 Å². The van der Waals surface area contributed by atoms with Crippen LogP contribution in [0.5, 0.6) is 5.75 Å². The number of methoxy groups -OCH3 is 1. The normalized spacial score (nSPS) is 18.0. The Morgan fingerprint density at radius 3 is 1.97 bits per heavy atom. The third-order valence-corrected chi connectivity index (χ3v) is 9.86. The van der Waals surface area contributed by atoms with E-state index >= 15 is 0 Å². The number of benzene rings is 3. The molecule has 0 spiro atoms. The molecule has 2 fully saturated rings. The van der Waals surface area contributed by atoms with Crippen molar-refractivity contribution in [2.75, 3.05) is 25.1 Å². The zero-order valence-corrected chi connectivity index (χ0v) is 22.6. The first-order valence-electron chi connectivity index (χ1n) is 13.6. The number of anilines is 1. The van der Waals surface area contributed by atoms with Gasteiger partial charge >= 0.3 is 0 Å². The van der Waals surface area contributed by atoms with Gasteiger partial charge in [-0.05, 0) is 79.8 Å². The number of likely N-dealkylation sites (tertiary alicyclic amines) is 1. The summed E-state index contributed by atoms with van der Waals surface area (Å²) in [5.41, 5.74) is 2.35. The van der Waals surface area contributed by atoms with E-state index in [1.165, 1.54) is 37.7 Å². The van der Waals surface area contributed by atoms with Gasteiger partial charge in [0.25, 0.3) is 0 Å². The van der Waals surface area contributed by atoms with Crippen molar-refractivity contribution in [3.8, 4) is 5.75 Å². The molecule has 0 amide bonds. The summed E-state index contributed by atoms with van der Waals surface area (Å²) in [5, 5.41) is 0. The predicted molar refractivity (Wildman–Crippen MR) is 149 cm³/mol. The maximum atomic E-state index is 13.2. The first kappa shape index (κ1) is 25.8. The molecule has 1 aliphatic heterocycles. The van der Waals surface area contributed by atoms with Crippen molar-refractivity contribution in [3.05, 3.63) is 84.4 Å². The van der Waals surface area contributed by atoms with Gasteiger partial charge in [-0.1, -0.05) is 49.6 Å². The van der Waals surface area contributed by atoms with Gasteiger partial charge in [-0.15, -0.1) is 0 Å². The van der Waals surface area contributed by atoms with Gasteiger partial charge in [0.15, 0.2) is 0 Å². The Kier molecular flexibility index (Phi) is 8.16. The lowest BCUT2D eigenvalue weighted by Gasteiger charge is -2.43. The minimum Gasteiger partial charge on any atom is -0.497 e. The first-order valence-corrected chi connectivity index (χ1v) is 15.1. The SMILES string of the molecule is COc1ccc(S(=O)(=O)c2ccc(N(Cc3ccccc3)C3CCN(C4CCCCC4)CC3)cc2)cc1. The molecule has 196 valence electrons. The quantitative estimate of drug-likeness (QED) is 0.349. The van der Waals surface area contributed by atoms with Crippen LogP contribution in [0.2, 0.25) is 0 Å². The van der Waals surface area contributed by atoms with Crippen LogP contribution in [-0.2, 0) is 16.4 Å². The zero-order valence-electron chi connectivity index (χ0n) is 21.8. The molecule has 5 rings (SSSR count). The molecule has 6 heteroatoms. The van der Waals surface area contributed by atoms with Crippen molar-refractivity contribution in [2.45, 2.75) is 73.4 Å². The van der Waals surface area contributed by atoms with E-state index in [1.807, 2.05) is 12.1 Å². The molecule has 0 unspecified atom stereocenters. The van der Waals surface area contributed by atoms with Crippen LogP contribution < -0.4 is 9.64 Å². The molecule has 0 bridgehead atoms. The van der Waals surface area contributed by atoms with E-state index < -0.39 is 9.84 Å². The summed E-state index contributed by atoms with van der Waals surface area (Å²) >= 11 is 0. The van der Waals surface area contributed by atoms with Crippen molar-refractivity contribution in [1.29, 1.82) is 0 Å². The number of hydrogen-bond donors (Lipinski definition) is 0. The van der Waals surface area contributed by atoms with E-state index in [0.29, 0.717) is 16.7 Å². The highest BCUT2D eigenvalue weighted by Gasteiger charge is 2.29. The van der Waals surface area contributed by atoms with Gasteiger partial charge in [0, 0.05) is 37.4 Å². The smallest absolute Gasteiger partial charge is 0.206 e. The largest absolute Gasteiger partial charge is 0.497 e. The highest BCUT2D eigenvalue weighted by molar-refractivity contribution is 7.91. The number of ether oxygens (including phenoxy) is 1. The van der Waals surface area contributed by atoms with E-state index in [1.54, 1.807) is 43.5 Å². The van der Waals surface area contributed by atoms with Gasteiger partial charge in [0.2, 0.25) is 9.84 Å². The number of piperidine rings is 1. The predicted octanol–water partition coefficient (Wildman–Crippen LogP) is 6.33. The van der Waals surface area contributed by atoms with Gasteiger partial charge in [-0.25, -0.2) is 8.42 Å². The number of hydrogen-bond acceptors (Lipinski definition) is 5. The molecule has 1 aliphatic carbocycles. The van der Waals surface area contributed by atoms with Crippen LogP contribution in [0.3, 0.4) is 0 Å². The van der Waals surface area contributed by atoms with Crippen LogP contribution in [0.1, 0.15) is 50.5 Å². The summed E-state index contributed by atoms with van der Waals surface area (Å²) in [7, 11) is -2.02. The Morgan fingerprint density at radius 2 is 1.38 bits per heavy atom. The standard InChI is InChI=1S/C31H38N2O3S/c1-36-29-14-18-31(19-15-29)37(34,35)30-16-12-27(13-17-30)33(24-25-8-4-2-5-9-25)28-20-22-32(23-21-28)26-10-6-3-7-11-26/h2,4-5,8-9,12-19,26,28H,3,6-7,10-11,20-24H2,1H3. The fraction of sp³-hybridized carbons (Fsp3) is 0.419. The average Bonchev–Trinajstić information content (AvgIpc) is 2.97. The Hall–Kier alpha value is -2.83. The number of nitrogens with zero attached hydrogens (tertiary/aromatic N) is 2. The molecule has 5 nitrogen and oxygen atoms in total. The molecular formula is C31H38N2O3S. The summed E-state index contributed by atoms with van der Waals surface area (Å²) in [6, 6.07) is 25.8. The molecule has 3 aromatic carbocycles. The van der Waals surface area contributed by atoms with Gasteiger partial charge in [0.1, 0.15) is 5.75 Å². The van der Waals surface area contributed by atoms with E-state index in [9.17, 15) is 8.42 Å². The van der Waals surface area contributed by atoms with Gasteiger partial charge < -0.3 is 14.5 Å². The molecule has 0 radical (unpaired) electrons. The summed E-state index contributed by atoms with van der Waals surface area (Å²) < 4.78 is 31.6. The first-order chi connectivity index (χ1) is 18.0. The molecular weight excluding hydrogens is 480 g/mol. The molecule has 0 atom stereocenters. The summed E-state index contributed by atoms with van der Waals surface area (Å²) in [6.07, 6.45) is 9.10. The Balaban J connectivity index is 1.35. The van der Waals surface area contributed by atoms with Crippen LogP contribution in [0, 0.1) is 0 Å². The molecule has 37 heavy (non-hydrogen) atoms. The number of sulfone groups is 1. The second-order valence-electron chi connectivity index (χ2n) is 10.3. The maximum Gasteiger partial charge on any atom is 0.206 e. The third kappa shape index (κ3) is 6.02. The minimum atomic E-state index is -3.59. The van der Waals surface area contributed by atoms with Gasteiger partial charge in [-0.2, -0.15) is 0 Å². The van der Waals surface area contributed by atoms with Crippen molar-refractivity contribution in [2.24, 2.45) is 0 Å². The molecule has 1 heterocycles. The van der Waals surface area contributed by atoms with Crippen molar-refractivity contribution >= 4 is 15.5 Å². The highest BCUT2D eigenvalue weighted by Crippen LogP contribution is 2.31. The molecule has 2 aliphatic rings. The lowest BCUT2D eigenvalue weighted by molar-refractivity contribution is 0.121. The maximum absolute atomic E-state index is 13.2. The minimum absolute atomic E-state index is 0.275. The van der Waals surface area contributed by atoms with Crippen molar-refractivity contribution in [1.82, 2.24) is 4.90 Å². The fourth-order valence-electron chi connectivity index (χ4n) is 5.93. The Morgan fingerprint density at radius 1 is 0.784 bits per heavy atom. The molecule has 3 aromatic rings. The molecule has 1 saturated heterocycles. The van der Waals surface area contributed by atoms with E-state index in [0.717, 1.165) is 44.2 Å². The van der Waals surface area contributed by atoms with Crippen LogP contribution >= 0.6 is 0 Å². The summed E-state index contributed by atoms with van der Waals surface area (Å²) in [6.45, 7) is 3.11. The van der Waals surface area contributed by atoms with E-state index in [2.05, 4.69) is 40.1 Å². The van der Waals surface area contributed by atoms with Gasteiger partial charge in [0.05, 0.1) is 16.9 Å². The van der Waals surface area contributed by atoms with Crippen molar-refractivity contribution < 1.29 is 13.2 Å². The van der Waals surface area contributed by atoms with Crippen LogP contribution in [0.15, 0.2) is 88.7 Å². The summed E-state index contributed by atoms with van der Waals surface area (Å²) in [5.74, 6) is 0.639. The topological polar surface area (TPSA) is 49.9 Å². The molecule has 1 saturated carbocycles. The lowest BCUT2D eigenvalue weighted by atomic mass is 9.91. The molecule has 0 aromatic heterocycles. The number of rotatable bonds is 8. The second kappa shape index (κ2) is 11.7. The monoisotopic (exact) mass is 518 g/mol. The van der Waals surface area contributed by atoms with Gasteiger partial charge in [-0.3, -0.25) is 0 Å². The second-order valence-corrected chi connectivity index (χ2v) is 12.3. The van der Waals surface area contributed by atoms with Crippen LogP contribution in [0.25, 0.3) is 0 Å². The lowest BCUT2D eigenvalue weighted by Crippen LogP contribution is -2.48. The fourth-order valence-corrected chi connectivity index (χ4v) is 7.19. The van der Waals surface area contributed by atoms with Crippen molar-refractivity contribution in [3.63, 3.8) is 0 Å².